The normalized spacial score (nSPS) is 12.7. The second-order valence-electron chi connectivity index (χ2n) is 3.47. The number of nitrogens with one attached hydrogen (secondary N) is 1. The van der Waals surface area contributed by atoms with Crippen LogP contribution < -0.4 is 11.1 Å². The van der Waals surface area contributed by atoms with Crippen molar-refractivity contribution in [1.82, 2.24) is 5.32 Å². The lowest BCUT2D eigenvalue weighted by Gasteiger charge is -2.16. The molecule has 3 N–H and O–H groups in total. The highest BCUT2D eigenvalue weighted by Gasteiger charge is 2.06. The van der Waals surface area contributed by atoms with Crippen molar-refractivity contribution in [2.45, 2.75) is 25.8 Å². The summed E-state index contributed by atoms with van der Waals surface area (Å²) in [5.41, 5.74) is 6.82. The molecule has 2 nitrogen and oxygen atoms in total. The van der Waals surface area contributed by atoms with E-state index in [1.165, 1.54) is 5.56 Å². The van der Waals surface area contributed by atoms with Crippen LogP contribution in [0.5, 0.6) is 0 Å². The van der Waals surface area contributed by atoms with E-state index >= 15 is 0 Å². The van der Waals surface area contributed by atoms with Gasteiger partial charge in [-0.1, -0.05) is 37.3 Å². The maximum Gasteiger partial charge on any atom is 0.0317 e. The van der Waals surface area contributed by atoms with Gasteiger partial charge in [0.05, 0.1) is 0 Å². The lowest BCUT2D eigenvalue weighted by atomic mass is 10.0. The predicted octanol–water partition coefficient (Wildman–Crippen LogP) is 2.08. The van der Waals surface area contributed by atoms with E-state index in [1.54, 1.807) is 0 Å². The van der Waals surface area contributed by atoms with E-state index in [4.69, 9.17) is 5.73 Å². The molecule has 0 spiro atoms. The highest BCUT2D eigenvalue weighted by Crippen LogP contribution is 2.15. The number of hydrogen-bond acceptors (Lipinski definition) is 2. The number of rotatable bonds is 6. The van der Waals surface area contributed by atoms with Crippen LogP contribution in [0.3, 0.4) is 0 Å². The maximum absolute atomic E-state index is 5.45. The summed E-state index contributed by atoms with van der Waals surface area (Å²) in [5, 5.41) is 3.51. The smallest absolute Gasteiger partial charge is 0.0317 e. The van der Waals surface area contributed by atoms with Crippen LogP contribution >= 0.6 is 0 Å². The summed E-state index contributed by atoms with van der Waals surface area (Å²) in [6.45, 7) is 3.97. The Kier molecular flexibility index (Phi) is 5.27. The zero-order valence-corrected chi connectivity index (χ0v) is 8.87. The molecule has 0 heterocycles. The van der Waals surface area contributed by atoms with Gasteiger partial charge in [-0.15, -0.1) is 0 Å². The minimum Gasteiger partial charge on any atom is -0.330 e. The fourth-order valence-corrected chi connectivity index (χ4v) is 1.56. The molecule has 1 aromatic carbocycles. The van der Waals surface area contributed by atoms with Crippen molar-refractivity contribution in [3.63, 3.8) is 0 Å². The van der Waals surface area contributed by atoms with E-state index in [0.717, 1.165) is 25.9 Å². The first-order valence-electron chi connectivity index (χ1n) is 5.37. The average molecular weight is 192 g/mol. The summed E-state index contributed by atoms with van der Waals surface area (Å²) < 4.78 is 0. The Labute approximate surface area is 86.5 Å². The largest absolute Gasteiger partial charge is 0.330 e. The minimum absolute atomic E-state index is 0.475. The van der Waals surface area contributed by atoms with E-state index in [1.807, 2.05) is 0 Å². The quantitative estimate of drug-likeness (QED) is 0.677. The van der Waals surface area contributed by atoms with Gasteiger partial charge in [-0.25, -0.2) is 0 Å². The van der Waals surface area contributed by atoms with Gasteiger partial charge in [0.25, 0.3) is 0 Å². The molecule has 0 aliphatic heterocycles. The van der Waals surface area contributed by atoms with E-state index in [2.05, 4.69) is 42.6 Å². The van der Waals surface area contributed by atoms with Crippen molar-refractivity contribution < 1.29 is 0 Å². The predicted molar refractivity (Wildman–Crippen MR) is 61.1 cm³/mol. The third kappa shape index (κ3) is 3.48. The van der Waals surface area contributed by atoms with Crippen molar-refractivity contribution in [2.24, 2.45) is 5.73 Å². The highest BCUT2D eigenvalue weighted by atomic mass is 14.9. The molecule has 0 bridgehead atoms. The van der Waals surface area contributed by atoms with E-state index in [0.29, 0.717) is 6.04 Å². The van der Waals surface area contributed by atoms with Gasteiger partial charge >= 0.3 is 0 Å². The van der Waals surface area contributed by atoms with Crippen LogP contribution in [-0.2, 0) is 0 Å². The van der Waals surface area contributed by atoms with Gasteiger partial charge in [0, 0.05) is 6.04 Å². The zero-order valence-electron chi connectivity index (χ0n) is 8.87. The lowest BCUT2D eigenvalue weighted by molar-refractivity contribution is 0.513. The molecule has 0 aliphatic rings. The van der Waals surface area contributed by atoms with Crippen LogP contribution in [0.2, 0.25) is 0 Å². The molecule has 2 heteroatoms. The molecule has 1 unspecified atom stereocenters. The highest BCUT2D eigenvalue weighted by molar-refractivity contribution is 5.18. The molecule has 0 saturated heterocycles. The molecule has 14 heavy (non-hydrogen) atoms. The third-order valence-electron chi connectivity index (χ3n) is 2.38. The molecule has 0 saturated carbocycles. The molecule has 0 aromatic heterocycles. The topological polar surface area (TPSA) is 38.0 Å². The van der Waals surface area contributed by atoms with E-state index in [-0.39, 0.29) is 0 Å². The summed E-state index contributed by atoms with van der Waals surface area (Å²) in [7, 11) is 0. The molecule has 1 aromatic rings. The second-order valence-corrected chi connectivity index (χ2v) is 3.47. The number of hydrogen-bond donors (Lipinski definition) is 2. The molecule has 0 aliphatic carbocycles. The molecule has 0 radical (unpaired) electrons. The molecular weight excluding hydrogens is 172 g/mol. The van der Waals surface area contributed by atoms with Gasteiger partial charge in [0.2, 0.25) is 0 Å². The summed E-state index contributed by atoms with van der Waals surface area (Å²) in [6.07, 6.45) is 2.16. The molecule has 0 amide bonds. The molecule has 0 fully saturated rings. The SMILES string of the molecule is CCC(NCCCN)c1ccccc1. The van der Waals surface area contributed by atoms with Crippen LogP contribution in [0.15, 0.2) is 30.3 Å². The first-order valence-corrected chi connectivity index (χ1v) is 5.37. The van der Waals surface area contributed by atoms with Crippen LogP contribution in [0.1, 0.15) is 31.4 Å². The van der Waals surface area contributed by atoms with E-state index < -0.39 is 0 Å². The Morgan fingerprint density at radius 1 is 1.29 bits per heavy atom. The van der Waals surface area contributed by atoms with Gasteiger partial charge in [-0.05, 0) is 31.5 Å². The van der Waals surface area contributed by atoms with Gasteiger partial charge < -0.3 is 11.1 Å². The summed E-state index contributed by atoms with van der Waals surface area (Å²) >= 11 is 0. The Bertz CT molecular complexity index is 233. The Hall–Kier alpha value is -0.860. The maximum atomic E-state index is 5.45. The van der Waals surface area contributed by atoms with Gasteiger partial charge in [0.15, 0.2) is 0 Å². The standard InChI is InChI=1S/C12H20N2/c1-2-12(14-10-6-9-13)11-7-4-3-5-8-11/h3-5,7-8,12,14H,2,6,9-10,13H2,1H3. The fourth-order valence-electron chi connectivity index (χ4n) is 1.56. The average Bonchev–Trinajstić information content (AvgIpc) is 2.26. The summed E-state index contributed by atoms with van der Waals surface area (Å²) in [5.74, 6) is 0. The second kappa shape index (κ2) is 6.57. The van der Waals surface area contributed by atoms with Crippen molar-refractivity contribution in [3.8, 4) is 0 Å². The van der Waals surface area contributed by atoms with Gasteiger partial charge in [-0.3, -0.25) is 0 Å². The van der Waals surface area contributed by atoms with Gasteiger partial charge in [0.1, 0.15) is 0 Å². The summed E-state index contributed by atoms with van der Waals surface area (Å²) in [4.78, 5) is 0. The van der Waals surface area contributed by atoms with Crippen molar-refractivity contribution in [1.29, 1.82) is 0 Å². The molecule has 78 valence electrons. The summed E-state index contributed by atoms with van der Waals surface area (Å²) in [6, 6.07) is 11.0. The Morgan fingerprint density at radius 3 is 2.57 bits per heavy atom. The van der Waals surface area contributed by atoms with Crippen molar-refractivity contribution >= 4 is 0 Å². The Balaban J connectivity index is 2.46. The first-order chi connectivity index (χ1) is 6.88. The minimum atomic E-state index is 0.475. The fraction of sp³-hybridized carbons (Fsp3) is 0.500. The van der Waals surface area contributed by atoms with Crippen LogP contribution in [0.25, 0.3) is 0 Å². The zero-order chi connectivity index (χ0) is 10.2. The van der Waals surface area contributed by atoms with Crippen LogP contribution in [-0.4, -0.2) is 13.1 Å². The lowest BCUT2D eigenvalue weighted by Crippen LogP contribution is -2.23. The van der Waals surface area contributed by atoms with Crippen LogP contribution in [0.4, 0.5) is 0 Å². The van der Waals surface area contributed by atoms with Gasteiger partial charge in [-0.2, -0.15) is 0 Å². The van der Waals surface area contributed by atoms with Crippen molar-refractivity contribution in [2.75, 3.05) is 13.1 Å². The Morgan fingerprint density at radius 2 is 2.00 bits per heavy atom. The number of nitrogens with two attached hydrogens (primary N) is 1. The van der Waals surface area contributed by atoms with Crippen LogP contribution in [0, 0.1) is 0 Å². The molecule has 1 rings (SSSR count). The van der Waals surface area contributed by atoms with Crippen molar-refractivity contribution in [3.05, 3.63) is 35.9 Å². The van der Waals surface area contributed by atoms with E-state index in [9.17, 15) is 0 Å². The first kappa shape index (κ1) is 11.2. The number of benzene rings is 1. The molecule has 1 atom stereocenters. The molecular formula is C12H20N2. The monoisotopic (exact) mass is 192 g/mol. The third-order valence-corrected chi connectivity index (χ3v) is 2.38.